The molecule has 98 valence electrons. The molecular weight excluding hydrogens is 278 g/mol. The van der Waals surface area contributed by atoms with Gasteiger partial charge in [0.2, 0.25) is 0 Å². The Morgan fingerprint density at radius 3 is 2.84 bits per heavy atom. The molecule has 0 radical (unpaired) electrons. The van der Waals surface area contributed by atoms with Crippen LogP contribution in [0, 0.1) is 0 Å². The number of hydrogen-bond acceptors (Lipinski definition) is 2. The maximum absolute atomic E-state index is 5.96. The number of benzene rings is 1. The first kappa shape index (κ1) is 13.8. The summed E-state index contributed by atoms with van der Waals surface area (Å²) in [4.78, 5) is 3.98. The van der Waals surface area contributed by atoms with Gasteiger partial charge in [-0.1, -0.05) is 30.7 Å². The van der Waals surface area contributed by atoms with Crippen LogP contribution in [0.4, 0.5) is 11.4 Å². The normalized spacial score (nSPS) is 10.0. The van der Waals surface area contributed by atoms with Crippen LogP contribution in [0.1, 0.15) is 12.5 Å². The fraction of sp³-hybridized carbons (Fsp3) is 0.143. The maximum Gasteiger partial charge on any atom is 0.175 e. The minimum absolute atomic E-state index is 0.397. The summed E-state index contributed by atoms with van der Waals surface area (Å²) in [7, 11) is 0. The van der Waals surface area contributed by atoms with E-state index in [2.05, 4.69) is 34.7 Å². The number of aryl methyl sites for hydroxylation is 1. The first-order valence-electron chi connectivity index (χ1n) is 5.96. The van der Waals surface area contributed by atoms with Crippen molar-refractivity contribution in [1.29, 1.82) is 0 Å². The highest BCUT2D eigenvalue weighted by atomic mass is 35.5. The third kappa shape index (κ3) is 3.91. The van der Waals surface area contributed by atoms with Gasteiger partial charge in [-0.25, -0.2) is 4.98 Å². The molecule has 2 aromatic rings. The first-order chi connectivity index (χ1) is 9.19. The number of pyridine rings is 1. The summed E-state index contributed by atoms with van der Waals surface area (Å²) < 4.78 is 0. The predicted octanol–water partition coefficient (Wildman–Crippen LogP) is 4.11. The average Bonchev–Trinajstić information content (AvgIpc) is 2.41. The predicted molar refractivity (Wildman–Crippen MR) is 84.9 cm³/mol. The number of anilines is 2. The van der Waals surface area contributed by atoms with Crippen LogP contribution in [0.15, 0.2) is 42.6 Å². The van der Waals surface area contributed by atoms with E-state index in [1.807, 2.05) is 18.2 Å². The molecular formula is C14H14ClN3S. The van der Waals surface area contributed by atoms with Gasteiger partial charge in [-0.2, -0.15) is 0 Å². The lowest BCUT2D eigenvalue weighted by molar-refractivity contribution is 1.14. The fourth-order valence-corrected chi connectivity index (χ4v) is 2.03. The van der Waals surface area contributed by atoms with Crippen molar-refractivity contribution in [2.45, 2.75) is 13.3 Å². The van der Waals surface area contributed by atoms with Gasteiger partial charge in [-0.15, -0.1) is 0 Å². The molecule has 0 saturated heterocycles. The number of nitrogens with one attached hydrogen (secondary N) is 2. The molecule has 1 aromatic heterocycles. The van der Waals surface area contributed by atoms with Crippen LogP contribution in [-0.4, -0.2) is 10.1 Å². The van der Waals surface area contributed by atoms with E-state index in [1.165, 1.54) is 5.56 Å². The lowest BCUT2D eigenvalue weighted by Gasteiger charge is -2.11. The molecule has 0 atom stereocenters. The molecule has 0 unspecified atom stereocenters. The Morgan fingerprint density at radius 1 is 1.26 bits per heavy atom. The Bertz CT molecular complexity index is 586. The number of halogens is 1. The van der Waals surface area contributed by atoms with E-state index in [1.54, 1.807) is 12.3 Å². The van der Waals surface area contributed by atoms with Gasteiger partial charge in [-0.05, 0) is 48.5 Å². The molecule has 0 saturated carbocycles. The number of aromatic nitrogens is 1. The molecule has 19 heavy (non-hydrogen) atoms. The largest absolute Gasteiger partial charge is 0.332 e. The molecule has 0 amide bonds. The van der Waals surface area contributed by atoms with Crippen LogP contribution < -0.4 is 10.6 Å². The third-order valence-corrected chi connectivity index (χ3v) is 3.11. The van der Waals surface area contributed by atoms with Crippen molar-refractivity contribution in [2.75, 3.05) is 10.6 Å². The Kier molecular flexibility index (Phi) is 4.71. The van der Waals surface area contributed by atoms with Gasteiger partial charge < -0.3 is 10.6 Å². The highest BCUT2D eigenvalue weighted by molar-refractivity contribution is 7.80. The molecule has 0 aliphatic heterocycles. The topological polar surface area (TPSA) is 37.0 Å². The lowest BCUT2D eigenvalue weighted by Crippen LogP contribution is -2.19. The minimum Gasteiger partial charge on any atom is -0.332 e. The van der Waals surface area contributed by atoms with E-state index in [0.29, 0.717) is 16.0 Å². The molecule has 0 spiro atoms. The lowest BCUT2D eigenvalue weighted by atomic mass is 10.1. The van der Waals surface area contributed by atoms with Gasteiger partial charge in [0, 0.05) is 11.9 Å². The van der Waals surface area contributed by atoms with Crippen LogP contribution in [0.5, 0.6) is 0 Å². The summed E-state index contributed by atoms with van der Waals surface area (Å²) in [6.07, 6.45) is 2.62. The van der Waals surface area contributed by atoms with E-state index in [4.69, 9.17) is 23.8 Å². The highest BCUT2D eigenvalue weighted by Crippen LogP contribution is 2.18. The van der Waals surface area contributed by atoms with Crippen molar-refractivity contribution < 1.29 is 0 Å². The number of nitrogens with zero attached hydrogens (tertiary/aromatic N) is 1. The Balaban J connectivity index is 2.03. The highest BCUT2D eigenvalue weighted by Gasteiger charge is 2.03. The molecule has 0 aliphatic carbocycles. The summed E-state index contributed by atoms with van der Waals surface area (Å²) >= 11 is 11.2. The molecule has 0 bridgehead atoms. The molecule has 0 fully saturated rings. The monoisotopic (exact) mass is 291 g/mol. The standard InChI is InChI=1S/C14H14ClN3S/c1-2-10-5-3-6-11(9-10)17-14(19)18-12-7-4-8-16-13(12)15/h3-9H,2H2,1H3,(H2,17,18,19). The van der Waals surface area contributed by atoms with Crippen molar-refractivity contribution in [3.05, 3.63) is 53.3 Å². The Labute approximate surface area is 123 Å². The van der Waals surface area contributed by atoms with Crippen molar-refractivity contribution in [1.82, 2.24) is 4.98 Å². The van der Waals surface area contributed by atoms with E-state index < -0.39 is 0 Å². The van der Waals surface area contributed by atoms with Crippen molar-refractivity contribution >= 4 is 40.3 Å². The van der Waals surface area contributed by atoms with Gasteiger partial charge in [0.25, 0.3) is 0 Å². The summed E-state index contributed by atoms with van der Waals surface area (Å²) in [6.45, 7) is 2.12. The Morgan fingerprint density at radius 2 is 2.11 bits per heavy atom. The zero-order valence-electron chi connectivity index (χ0n) is 10.5. The second kappa shape index (κ2) is 6.50. The minimum atomic E-state index is 0.397. The zero-order chi connectivity index (χ0) is 13.7. The second-order valence-corrected chi connectivity index (χ2v) is 4.74. The van der Waals surface area contributed by atoms with Gasteiger partial charge in [0.15, 0.2) is 10.3 Å². The van der Waals surface area contributed by atoms with Gasteiger partial charge in [-0.3, -0.25) is 0 Å². The summed E-state index contributed by atoms with van der Waals surface area (Å²) in [5.41, 5.74) is 2.90. The van der Waals surface area contributed by atoms with Crippen LogP contribution in [-0.2, 0) is 6.42 Å². The van der Waals surface area contributed by atoms with Crippen LogP contribution in [0.3, 0.4) is 0 Å². The van der Waals surface area contributed by atoms with Crippen molar-refractivity contribution in [3.8, 4) is 0 Å². The second-order valence-electron chi connectivity index (χ2n) is 3.97. The van der Waals surface area contributed by atoms with E-state index >= 15 is 0 Å². The van der Waals surface area contributed by atoms with Gasteiger partial charge >= 0.3 is 0 Å². The third-order valence-electron chi connectivity index (χ3n) is 2.60. The average molecular weight is 292 g/mol. The molecule has 0 aliphatic rings. The molecule has 1 aromatic carbocycles. The van der Waals surface area contributed by atoms with Crippen LogP contribution in [0.2, 0.25) is 5.15 Å². The first-order valence-corrected chi connectivity index (χ1v) is 6.75. The maximum atomic E-state index is 5.96. The van der Waals surface area contributed by atoms with Crippen molar-refractivity contribution in [2.24, 2.45) is 0 Å². The fourth-order valence-electron chi connectivity index (χ4n) is 1.63. The van der Waals surface area contributed by atoms with Crippen LogP contribution >= 0.6 is 23.8 Å². The smallest absolute Gasteiger partial charge is 0.175 e. The quantitative estimate of drug-likeness (QED) is 0.659. The number of thiocarbonyl (C=S) groups is 1. The van der Waals surface area contributed by atoms with E-state index in [-0.39, 0.29) is 0 Å². The molecule has 3 nitrogen and oxygen atoms in total. The van der Waals surface area contributed by atoms with Gasteiger partial charge in [0.05, 0.1) is 5.69 Å². The van der Waals surface area contributed by atoms with Gasteiger partial charge in [0.1, 0.15) is 0 Å². The molecule has 2 N–H and O–H groups in total. The summed E-state index contributed by atoms with van der Waals surface area (Å²) in [5.74, 6) is 0. The van der Waals surface area contributed by atoms with Crippen molar-refractivity contribution in [3.63, 3.8) is 0 Å². The zero-order valence-corrected chi connectivity index (χ0v) is 12.1. The Hall–Kier alpha value is -1.65. The molecule has 2 rings (SSSR count). The number of hydrogen-bond donors (Lipinski definition) is 2. The number of rotatable bonds is 3. The molecule has 1 heterocycles. The summed E-state index contributed by atoms with van der Waals surface area (Å²) in [6, 6.07) is 11.7. The van der Waals surface area contributed by atoms with E-state index in [0.717, 1.165) is 12.1 Å². The van der Waals surface area contributed by atoms with Crippen LogP contribution in [0.25, 0.3) is 0 Å². The SMILES string of the molecule is CCc1cccc(NC(=S)Nc2cccnc2Cl)c1. The molecule has 5 heteroatoms. The van der Waals surface area contributed by atoms with E-state index in [9.17, 15) is 0 Å². The summed E-state index contributed by atoms with van der Waals surface area (Å²) in [5, 5.41) is 7.03.